The minimum atomic E-state index is -3.88. The van der Waals surface area contributed by atoms with Crippen molar-refractivity contribution in [2.45, 2.75) is 23.3 Å². The van der Waals surface area contributed by atoms with Crippen molar-refractivity contribution in [1.29, 1.82) is 0 Å². The van der Waals surface area contributed by atoms with Crippen LogP contribution < -0.4 is 9.44 Å². The van der Waals surface area contributed by atoms with Gasteiger partial charge in [-0.3, -0.25) is 4.72 Å². The lowest BCUT2D eigenvalue weighted by Crippen LogP contribution is -2.26. The van der Waals surface area contributed by atoms with E-state index in [2.05, 4.69) is 24.6 Å². The number of rotatable bonds is 8. The Morgan fingerprint density at radius 2 is 1.93 bits per heavy atom. The van der Waals surface area contributed by atoms with E-state index in [1.165, 1.54) is 23.2 Å². The van der Waals surface area contributed by atoms with E-state index in [1.807, 2.05) is 0 Å². The van der Waals surface area contributed by atoms with Gasteiger partial charge in [-0.1, -0.05) is 29.0 Å². The number of imidazole rings is 1. The first kappa shape index (κ1) is 21.6. The van der Waals surface area contributed by atoms with E-state index in [1.54, 1.807) is 26.1 Å². The molecule has 0 aliphatic heterocycles. The quantitative estimate of drug-likeness (QED) is 0.503. The van der Waals surface area contributed by atoms with E-state index < -0.39 is 20.0 Å². The molecule has 3 aromatic rings. The van der Waals surface area contributed by atoms with Crippen LogP contribution in [0, 0.1) is 6.92 Å². The third kappa shape index (κ3) is 5.11. The lowest BCUT2D eigenvalue weighted by Gasteiger charge is -2.08. The Morgan fingerprint density at radius 3 is 2.62 bits per heavy atom. The van der Waals surface area contributed by atoms with Crippen LogP contribution >= 0.6 is 22.9 Å². The average Bonchev–Trinajstić information content (AvgIpc) is 3.26. The molecule has 0 saturated carbocycles. The van der Waals surface area contributed by atoms with Crippen molar-refractivity contribution in [2.24, 2.45) is 7.05 Å². The SMILES string of the molecule is Cc1c(Cl)cccc1S(=O)(=O)Nc1nnc(CCNS(=O)(=O)c2cn(C)cn2)s1. The Morgan fingerprint density at radius 1 is 1.17 bits per heavy atom. The van der Waals surface area contributed by atoms with E-state index in [9.17, 15) is 16.8 Å². The van der Waals surface area contributed by atoms with Gasteiger partial charge in [0.1, 0.15) is 5.01 Å². The number of aromatic nitrogens is 4. The molecule has 2 N–H and O–H groups in total. The van der Waals surface area contributed by atoms with Crippen LogP contribution in [0.15, 0.2) is 40.6 Å². The predicted octanol–water partition coefficient (Wildman–Crippen LogP) is 1.56. The minimum absolute atomic E-state index is 0.0462. The van der Waals surface area contributed by atoms with Crippen molar-refractivity contribution < 1.29 is 16.8 Å². The van der Waals surface area contributed by atoms with Crippen molar-refractivity contribution in [1.82, 2.24) is 24.5 Å². The van der Waals surface area contributed by atoms with Gasteiger partial charge in [-0.05, 0) is 24.6 Å². The van der Waals surface area contributed by atoms with Crippen molar-refractivity contribution in [3.8, 4) is 0 Å². The number of benzene rings is 1. The smallest absolute Gasteiger partial charge is 0.264 e. The lowest BCUT2D eigenvalue weighted by molar-refractivity contribution is 0.578. The zero-order valence-electron chi connectivity index (χ0n) is 15.3. The first-order valence-electron chi connectivity index (χ1n) is 8.16. The summed E-state index contributed by atoms with van der Waals surface area (Å²) in [6.45, 7) is 1.67. The highest BCUT2D eigenvalue weighted by molar-refractivity contribution is 7.93. The molecule has 0 atom stereocenters. The molecule has 2 heterocycles. The largest absolute Gasteiger partial charge is 0.339 e. The van der Waals surface area contributed by atoms with Gasteiger partial charge < -0.3 is 4.57 Å². The number of halogens is 1. The maximum atomic E-state index is 12.6. The predicted molar refractivity (Wildman–Crippen MR) is 109 cm³/mol. The summed E-state index contributed by atoms with van der Waals surface area (Å²) in [6, 6.07) is 4.59. The van der Waals surface area contributed by atoms with Gasteiger partial charge in [0.2, 0.25) is 5.13 Å². The fourth-order valence-corrected chi connectivity index (χ4v) is 5.82. The molecular formula is C15H17ClN6O4S3. The maximum Gasteiger partial charge on any atom is 0.264 e. The van der Waals surface area contributed by atoms with Crippen LogP contribution in [0.3, 0.4) is 0 Å². The van der Waals surface area contributed by atoms with Gasteiger partial charge in [0.15, 0.2) is 5.03 Å². The summed E-state index contributed by atoms with van der Waals surface area (Å²) in [7, 11) is -5.94. The molecule has 1 aromatic carbocycles. The van der Waals surface area contributed by atoms with E-state index in [0.717, 1.165) is 11.3 Å². The van der Waals surface area contributed by atoms with Gasteiger partial charge in [0, 0.05) is 31.2 Å². The van der Waals surface area contributed by atoms with Crippen LogP contribution in [0.2, 0.25) is 5.02 Å². The molecule has 0 saturated heterocycles. The lowest BCUT2D eigenvalue weighted by atomic mass is 10.2. The molecule has 10 nitrogen and oxygen atoms in total. The molecule has 0 aliphatic carbocycles. The third-order valence-electron chi connectivity index (χ3n) is 3.78. The van der Waals surface area contributed by atoms with Crippen molar-refractivity contribution in [3.05, 3.63) is 46.3 Å². The summed E-state index contributed by atoms with van der Waals surface area (Å²) in [5.74, 6) is 0. The fraction of sp³-hybridized carbons (Fsp3) is 0.267. The molecule has 0 fully saturated rings. The van der Waals surface area contributed by atoms with Crippen LogP contribution in [-0.4, -0.2) is 43.1 Å². The molecule has 0 radical (unpaired) electrons. The molecule has 2 aromatic heterocycles. The molecule has 0 aliphatic rings. The number of sulfonamides is 2. The number of anilines is 1. The molecule has 14 heteroatoms. The molecule has 0 spiro atoms. The molecule has 0 amide bonds. The monoisotopic (exact) mass is 476 g/mol. The van der Waals surface area contributed by atoms with Gasteiger partial charge in [0.05, 0.1) is 11.2 Å². The summed E-state index contributed by atoms with van der Waals surface area (Å²) in [4.78, 5) is 3.85. The van der Waals surface area contributed by atoms with Crippen LogP contribution in [0.25, 0.3) is 0 Å². The van der Waals surface area contributed by atoms with Crippen LogP contribution in [-0.2, 0) is 33.5 Å². The summed E-state index contributed by atoms with van der Waals surface area (Å²) in [6.07, 6.45) is 3.01. The maximum absolute atomic E-state index is 12.6. The standard InChI is InChI=1S/C15H17ClN6O4S3/c1-10-11(16)4-3-5-12(10)28(23,24)21-15-20-19-13(27-15)6-7-18-29(25,26)14-8-22(2)9-17-14/h3-5,8-9,18H,6-7H2,1-2H3,(H,20,21). The number of hydrogen-bond acceptors (Lipinski definition) is 8. The first-order valence-corrected chi connectivity index (χ1v) is 12.3. The zero-order chi connectivity index (χ0) is 21.2. The number of nitrogens with one attached hydrogen (secondary N) is 2. The molecule has 156 valence electrons. The second-order valence-electron chi connectivity index (χ2n) is 5.99. The van der Waals surface area contributed by atoms with Crippen molar-refractivity contribution >= 4 is 48.1 Å². The van der Waals surface area contributed by atoms with Gasteiger partial charge in [0.25, 0.3) is 20.0 Å². The van der Waals surface area contributed by atoms with Gasteiger partial charge in [-0.25, -0.2) is 26.5 Å². The van der Waals surface area contributed by atoms with Crippen molar-refractivity contribution in [2.75, 3.05) is 11.3 Å². The molecule has 29 heavy (non-hydrogen) atoms. The molecular weight excluding hydrogens is 460 g/mol. The normalized spacial score (nSPS) is 12.2. The highest BCUT2D eigenvalue weighted by Crippen LogP contribution is 2.26. The van der Waals surface area contributed by atoms with Gasteiger partial charge >= 0.3 is 0 Å². The van der Waals surface area contributed by atoms with Gasteiger partial charge in [-0.2, -0.15) is 0 Å². The highest BCUT2D eigenvalue weighted by atomic mass is 35.5. The number of nitrogens with zero attached hydrogens (tertiary/aromatic N) is 4. The van der Waals surface area contributed by atoms with E-state index in [-0.39, 0.29) is 28.0 Å². The topological polar surface area (TPSA) is 136 Å². The Hall–Kier alpha value is -2.06. The summed E-state index contributed by atoms with van der Waals surface area (Å²) in [5.41, 5.74) is 0.426. The molecule has 0 bridgehead atoms. The van der Waals surface area contributed by atoms with Crippen LogP contribution in [0.1, 0.15) is 10.6 Å². The Balaban J connectivity index is 1.63. The van der Waals surface area contributed by atoms with Crippen LogP contribution in [0.4, 0.5) is 5.13 Å². The summed E-state index contributed by atoms with van der Waals surface area (Å²) >= 11 is 7.00. The second-order valence-corrected chi connectivity index (χ2v) is 10.8. The fourth-order valence-electron chi connectivity index (χ4n) is 2.34. The van der Waals surface area contributed by atoms with Gasteiger partial charge in [-0.15, -0.1) is 10.2 Å². The Labute approximate surface area is 177 Å². The first-order chi connectivity index (χ1) is 13.6. The average molecular weight is 477 g/mol. The summed E-state index contributed by atoms with van der Waals surface area (Å²) < 4.78 is 55.7. The molecule has 3 rings (SSSR count). The number of aryl methyl sites for hydroxylation is 1. The van der Waals surface area contributed by atoms with Crippen molar-refractivity contribution in [3.63, 3.8) is 0 Å². The summed E-state index contributed by atoms with van der Waals surface area (Å²) in [5, 5.41) is 8.50. The van der Waals surface area contributed by atoms with E-state index >= 15 is 0 Å². The van der Waals surface area contributed by atoms with E-state index in [0.29, 0.717) is 15.6 Å². The molecule has 0 unspecified atom stereocenters. The Bertz CT molecular complexity index is 1240. The number of hydrogen-bond donors (Lipinski definition) is 2. The second kappa shape index (κ2) is 8.36. The third-order valence-corrected chi connectivity index (χ3v) is 8.05. The van der Waals surface area contributed by atoms with E-state index in [4.69, 9.17) is 11.6 Å². The minimum Gasteiger partial charge on any atom is -0.339 e. The highest BCUT2D eigenvalue weighted by Gasteiger charge is 2.21. The zero-order valence-corrected chi connectivity index (χ0v) is 18.5. The Kier molecular flexibility index (Phi) is 6.24. The van der Waals surface area contributed by atoms with Crippen LogP contribution in [0.5, 0.6) is 0 Å².